The number of aryl methyl sites for hydroxylation is 2. The number of anilines is 1. The summed E-state index contributed by atoms with van der Waals surface area (Å²) in [6, 6.07) is 0.308. The SMILES string of the molecule is Cc1nn(C)c(N2CCN(CC(=O)NC3CCCC(C)C3)CC2)c1[N+](=O)[O-]. The largest absolute Gasteiger partial charge is 0.352 e. The Balaban J connectivity index is 1.52. The van der Waals surface area contributed by atoms with Gasteiger partial charge in [0.15, 0.2) is 0 Å². The van der Waals surface area contributed by atoms with Crippen LogP contribution in [0.2, 0.25) is 0 Å². The number of carbonyl (C=O) groups excluding carboxylic acids is 1. The molecular formula is C18H30N6O3. The highest BCUT2D eigenvalue weighted by Gasteiger charge is 2.31. The second-order valence-electron chi connectivity index (χ2n) is 7.94. The molecule has 1 N–H and O–H groups in total. The third kappa shape index (κ3) is 4.58. The fourth-order valence-corrected chi connectivity index (χ4v) is 4.36. The molecule has 1 saturated carbocycles. The van der Waals surface area contributed by atoms with Gasteiger partial charge in [-0.3, -0.25) is 19.8 Å². The summed E-state index contributed by atoms with van der Waals surface area (Å²) in [4.78, 5) is 27.5. The minimum atomic E-state index is -0.358. The monoisotopic (exact) mass is 378 g/mol. The number of hydrogen-bond acceptors (Lipinski definition) is 6. The molecular weight excluding hydrogens is 348 g/mol. The zero-order valence-corrected chi connectivity index (χ0v) is 16.5. The second kappa shape index (κ2) is 8.24. The molecule has 2 unspecified atom stereocenters. The van der Waals surface area contributed by atoms with E-state index in [9.17, 15) is 14.9 Å². The van der Waals surface area contributed by atoms with E-state index in [1.807, 2.05) is 4.90 Å². The van der Waals surface area contributed by atoms with Crippen LogP contribution < -0.4 is 10.2 Å². The molecule has 0 bridgehead atoms. The normalized spacial score (nSPS) is 24.0. The molecule has 2 fully saturated rings. The minimum absolute atomic E-state index is 0.0788. The number of aromatic nitrogens is 2. The quantitative estimate of drug-likeness (QED) is 0.615. The van der Waals surface area contributed by atoms with Crippen molar-refractivity contribution < 1.29 is 9.72 Å². The minimum Gasteiger partial charge on any atom is -0.352 e. The van der Waals surface area contributed by atoms with Gasteiger partial charge in [-0.1, -0.05) is 19.8 Å². The highest BCUT2D eigenvalue weighted by Crippen LogP contribution is 2.31. The maximum Gasteiger partial charge on any atom is 0.333 e. The molecule has 9 nitrogen and oxygen atoms in total. The maximum absolute atomic E-state index is 12.4. The summed E-state index contributed by atoms with van der Waals surface area (Å²) in [5.74, 6) is 1.33. The molecule has 2 aliphatic rings. The Morgan fingerprint density at radius 1 is 1.30 bits per heavy atom. The third-order valence-electron chi connectivity index (χ3n) is 5.68. The van der Waals surface area contributed by atoms with E-state index in [0.29, 0.717) is 56.2 Å². The molecule has 1 amide bonds. The van der Waals surface area contributed by atoms with E-state index in [2.05, 4.69) is 22.2 Å². The number of hydrogen-bond donors (Lipinski definition) is 1. The Labute approximate surface area is 159 Å². The molecule has 0 spiro atoms. The predicted molar refractivity (Wildman–Crippen MR) is 103 cm³/mol. The van der Waals surface area contributed by atoms with Crippen molar-refractivity contribution in [3.8, 4) is 0 Å². The van der Waals surface area contributed by atoms with Crippen molar-refractivity contribution in [1.82, 2.24) is 20.0 Å². The molecule has 1 aromatic heterocycles. The summed E-state index contributed by atoms with van der Waals surface area (Å²) >= 11 is 0. The molecule has 9 heteroatoms. The van der Waals surface area contributed by atoms with Crippen molar-refractivity contribution in [2.75, 3.05) is 37.6 Å². The van der Waals surface area contributed by atoms with Gasteiger partial charge in [0.2, 0.25) is 11.7 Å². The van der Waals surface area contributed by atoms with Gasteiger partial charge < -0.3 is 10.2 Å². The van der Waals surface area contributed by atoms with Crippen molar-refractivity contribution in [2.45, 2.75) is 45.6 Å². The first-order chi connectivity index (χ1) is 12.8. The van der Waals surface area contributed by atoms with E-state index in [4.69, 9.17) is 0 Å². The molecule has 3 rings (SSSR count). The smallest absolute Gasteiger partial charge is 0.333 e. The van der Waals surface area contributed by atoms with Crippen LogP contribution in [0, 0.1) is 23.0 Å². The Kier molecular flexibility index (Phi) is 5.98. The van der Waals surface area contributed by atoms with Crippen molar-refractivity contribution in [3.05, 3.63) is 15.8 Å². The fourth-order valence-electron chi connectivity index (χ4n) is 4.36. The van der Waals surface area contributed by atoms with Gasteiger partial charge in [-0.05, 0) is 25.7 Å². The van der Waals surface area contributed by atoms with Crippen LogP contribution in [0.3, 0.4) is 0 Å². The molecule has 0 radical (unpaired) electrons. The lowest BCUT2D eigenvalue weighted by molar-refractivity contribution is -0.384. The van der Waals surface area contributed by atoms with Crippen molar-refractivity contribution >= 4 is 17.4 Å². The van der Waals surface area contributed by atoms with Crippen LogP contribution in [-0.2, 0) is 11.8 Å². The molecule has 2 heterocycles. The molecule has 150 valence electrons. The summed E-state index contributed by atoms with van der Waals surface area (Å²) in [6.07, 6.45) is 4.60. The average Bonchev–Trinajstić information content (AvgIpc) is 2.89. The first kappa shape index (κ1) is 19.6. The molecule has 27 heavy (non-hydrogen) atoms. The van der Waals surface area contributed by atoms with Gasteiger partial charge in [0.25, 0.3) is 0 Å². The van der Waals surface area contributed by atoms with Crippen LogP contribution in [0.5, 0.6) is 0 Å². The third-order valence-corrected chi connectivity index (χ3v) is 5.68. The second-order valence-corrected chi connectivity index (χ2v) is 7.94. The van der Waals surface area contributed by atoms with Gasteiger partial charge >= 0.3 is 5.69 Å². The fraction of sp³-hybridized carbons (Fsp3) is 0.778. The number of nitrogens with zero attached hydrogens (tertiary/aromatic N) is 5. The summed E-state index contributed by atoms with van der Waals surface area (Å²) in [5.41, 5.74) is 0.510. The topological polar surface area (TPSA) is 96.5 Å². The van der Waals surface area contributed by atoms with Gasteiger partial charge in [-0.25, -0.2) is 4.68 Å². The first-order valence-electron chi connectivity index (χ1n) is 9.79. The molecule has 1 aliphatic carbocycles. The number of amides is 1. The zero-order chi connectivity index (χ0) is 19.6. The van der Waals surface area contributed by atoms with Crippen LogP contribution in [0.4, 0.5) is 11.5 Å². The van der Waals surface area contributed by atoms with Gasteiger partial charge in [-0.2, -0.15) is 5.10 Å². The van der Waals surface area contributed by atoms with Crippen LogP contribution in [0.25, 0.3) is 0 Å². The lowest BCUT2D eigenvalue weighted by atomic mass is 9.87. The number of nitro groups is 1. The zero-order valence-electron chi connectivity index (χ0n) is 16.5. The number of piperazine rings is 1. The van der Waals surface area contributed by atoms with E-state index in [1.54, 1.807) is 18.7 Å². The highest BCUT2D eigenvalue weighted by molar-refractivity contribution is 5.78. The Morgan fingerprint density at radius 3 is 2.63 bits per heavy atom. The summed E-state index contributed by atoms with van der Waals surface area (Å²) in [7, 11) is 1.74. The summed E-state index contributed by atoms with van der Waals surface area (Å²) in [5, 5.41) is 18.8. The highest BCUT2D eigenvalue weighted by atomic mass is 16.6. The van der Waals surface area contributed by atoms with E-state index in [-0.39, 0.29) is 16.5 Å². The van der Waals surface area contributed by atoms with Crippen LogP contribution >= 0.6 is 0 Å². The summed E-state index contributed by atoms with van der Waals surface area (Å²) in [6.45, 7) is 7.00. The van der Waals surface area contributed by atoms with Gasteiger partial charge in [0, 0.05) is 39.3 Å². The molecule has 1 aliphatic heterocycles. The number of carbonyl (C=O) groups is 1. The predicted octanol–water partition coefficient (Wildman–Crippen LogP) is 1.45. The standard InChI is InChI=1S/C18H30N6O3/c1-13-5-4-6-15(11-13)19-16(25)12-22-7-9-23(10-8-22)18-17(24(26)27)14(2)20-21(18)3/h13,15H,4-12H2,1-3H3,(H,19,25). The average molecular weight is 378 g/mol. The van der Waals surface area contributed by atoms with Gasteiger partial charge in [0.05, 0.1) is 11.5 Å². The first-order valence-corrected chi connectivity index (χ1v) is 9.79. The maximum atomic E-state index is 12.4. The van der Waals surface area contributed by atoms with Crippen LogP contribution in [0.15, 0.2) is 0 Å². The lowest BCUT2D eigenvalue weighted by Crippen LogP contribution is -2.51. The van der Waals surface area contributed by atoms with E-state index < -0.39 is 0 Å². The number of rotatable bonds is 5. The van der Waals surface area contributed by atoms with E-state index >= 15 is 0 Å². The number of nitrogens with one attached hydrogen (secondary N) is 1. The van der Waals surface area contributed by atoms with E-state index in [0.717, 1.165) is 12.8 Å². The van der Waals surface area contributed by atoms with Gasteiger partial charge in [0.1, 0.15) is 5.69 Å². The lowest BCUT2D eigenvalue weighted by Gasteiger charge is -2.35. The van der Waals surface area contributed by atoms with Gasteiger partial charge in [-0.15, -0.1) is 0 Å². The summed E-state index contributed by atoms with van der Waals surface area (Å²) < 4.78 is 1.58. The van der Waals surface area contributed by atoms with Crippen LogP contribution in [-0.4, -0.2) is 64.3 Å². The molecule has 1 aromatic rings. The molecule has 0 aromatic carbocycles. The Morgan fingerprint density at radius 2 is 2.00 bits per heavy atom. The van der Waals surface area contributed by atoms with Crippen molar-refractivity contribution in [3.63, 3.8) is 0 Å². The van der Waals surface area contributed by atoms with Crippen molar-refractivity contribution in [2.24, 2.45) is 13.0 Å². The van der Waals surface area contributed by atoms with Crippen molar-refractivity contribution in [1.29, 1.82) is 0 Å². The van der Waals surface area contributed by atoms with E-state index in [1.165, 1.54) is 12.8 Å². The Bertz CT molecular complexity index is 696. The Hall–Kier alpha value is -2.16. The molecule has 2 atom stereocenters. The molecule has 1 saturated heterocycles. The van der Waals surface area contributed by atoms with Crippen LogP contribution in [0.1, 0.15) is 38.3 Å².